The van der Waals surface area contributed by atoms with Gasteiger partial charge in [0, 0.05) is 12.1 Å². The molecule has 6 nitrogen and oxygen atoms in total. The zero-order chi connectivity index (χ0) is 15.4. The van der Waals surface area contributed by atoms with Crippen molar-refractivity contribution in [1.29, 1.82) is 0 Å². The van der Waals surface area contributed by atoms with E-state index in [1.54, 1.807) is 6.07 Å². The van der Waals surface area contributed by atoms with Gasteiger partial charge in [-0.2, -0.15) is 0 Å². The molecule has 0 aromatic heterocycles. The molecule has 0 spiro atoms. The van der Waals surface area contributed by atoms with E-state index in [1.165, 1.54) is 13.2 Å². The van der Waals surface area contributed by atoms with Gasteiger partial charge in [0.05, 0.1) is 24.2 Å². The van der Waals surface area contributed by atoms with Crippen LogP contribution in [0.1, 0.15) is 38.2 Å². The van der Waals surface area contributed by atoms with Crippen molar-refractivity contribution in [3.05, 3.63) is 27.8 Å². The van der Waals surface area contributed by atoms with Gasteiger partial charge in [-0.25, -0.2) is 0 Å². The monoisotopic (exact) mass is 294 g/mol. The Hall–Kier alpha value is -1.82. The van der Waals surface area contributed by atoms with E-state index in [1.807, 2.05) is 0 Å². The van der Waals surface area contributed by atoms with E-state index in [4.69, 9.17) is 15.2 Å². The molecular formula is C15H22N2O4. The summed E-state index contributed by atoms with van der Waals surface area (Å²) in [5, 5.41) is 11.1. The number of nitro benzene ring substituents is 1. The maximum Gasteiger partial charge on any atom is 0.277 e. The lowest BCUT2D eigenvalue weighted by Gasteiger charge is -2.27. The first-order valence-electron chi connectivity index (χ1n) is 7.27. The molecule has 2 N–H and O–H groups in total. The van der Waals surface area contributed by atoms with E-state index in [-0.39, 0.29) is 18.3 Å². The highest BCUT2D eigenvalue weighted by molar-refractivity contribution is 5.54. The van der Waals surface area contributed by atoms with Gasteiger partial charge in [0.1, 0.15) is 0 Å². The molecule has 0 unspecified atom stereocenters. The van der Waals surface area contributed by atoms with Crippen molar-refractivity contribution < 1.29 is 14.4 Å². The van der Waals surface area contributed by atoms with Gasteiger partial charge in [-0.05, 0) is 37.7 Å². The number of methoxy groups -OCH3 is 1. The van der Waals surface area contributed by atoms with E-state index < -0.39 is 4.92 Å². The number of hydrogen-bond donors (Lipinski definition) is 1. The summed E-state index contributed by atoms with van der Waals surface area (Å²) in [6.07, 6.45) is 4.28. The number of nitrogens with zero attached hydrogens (tertiary/aromatic N) is 1. The summed E-state index contributed by atoms with van der Waals surface area (Å²) in [6, 6.07) is 3.03. The predicted octanol–water partition coefficient (Wildman–Crippen LogP) is 3.02. The molecular weight excluding hydrogens is 272 g/mol. The van der Waals surface area contributed by atoms with Crippen LogP contribution in [-0.4, -0.2) is 18.1 Å². The first-order valence-corrected chi connectivity index (χ1v) is 7.27. The van der Waals surface area contributed by atoms with Crippen LogP contribution in [0, 0.1) is 16.0 Å². The normalized spacial score (nSPS) is 21.9. The number of ether oxygens (including phenoxy) is 2. The van der Waals surface area contributed by atoms with E-state index in [9.17, 15) is 10.1 Å². The molecule has 1 saturated carbocycles. The second-order valence-electron chi connectivity index (χ2n) is 5.59. The summed E-state index contributed by atoms with van der Waals surface area (Å²) in [5.41, 5.74) is 5.99. The van der Waals surface area contributed by atoms with Crippen LogP contribution in [-0.2, 0) is 6.54 Å². The van der Waals surface area contributed by atoms with Crippen molar-refractivity contribution in [2.45, 2.75) is 45.3 Å². The van der Waals surface area contributed by atoms with Crippen LogP contribution in [0.3, 0.4) is 0 Å². The lowest BCUT2D eigenvalue weighted by molar-refractivity contribution is -0.385. The minimum Gasteiger partial charge on any atom is -0.493 e. The van der Waals surface area contributed by atoms with Gasteiger partial charge in [-0.1, -0.05) is 6.92 Å². The summed E-state index contributed by atoms with van der Waals surface area (Å²) in [6.45, 7) is 2.32. The smallest absolute Gasteiger partial charge is 0.277 e. The quantitative estimate of drug-likeness (QED) is 0.666. The molecule has 0 atom stereocenters. The maximum atomic E-state index is 11.1. The highest BCUT2D eigenvalue weighted by atomic mass is 16.6. The molecule has 0 amide bonds. The molecule has 2 rings (SSSR count). The van der Waals surface area contributed by atoms with Gasteiger partial charge in [-0.3, -0.25) is 10.1 Å². The van der Waals surface area contributed by atoms with Crippen LogP contribution in [0.5, 0.6) is 11.5 Å². The van der Waals surface area contributed by atoms with Crippen molar-refractivity contribution >= 4 is 5.69 Å². The summed E-state index contributed by atoms with van der Waals surface area (Å²) < 4.78 is 11.2. The minimum absolute atomic E-state index is 0.0162. The van der Waals surface area contributed by atoms with Gasteiger partial charge in [0.25, 0.3) is 5.69 Å². The molecule has 1 aliphatic carbocycles. The number of rotatable bonds is 5. The molecule has 1 fully saturated rings. The highest BCUT2D eigenvalue weighted by Crippen LogP contribution is 2.37. The lowest BCUT2D eigenvalue weighted by Crippen LogP contribution is -2.23. The molecule has 0 bridgehead atoms. The van der Waals surface area contributed by atoms with Crippen molar-refractivity contribution in [3.8, 4) is 11.5 Å². The van der Waals surface area contributed by atoms with Crippen molar-refractivity contribution in [2.24, 2.45) is 11.7 Å². The average molecular weight is 294 g/mol. The number of hydrogen-bond acceptors (Lipinski definition) is 5. The van der Waals surface area contributed by atoms with Crippen LogP contribution in [0.25, 0.3) is 0 Å². The highest BCUT2D eigenvalue weighted by Gasteiger charge is 2.24. The van der Waals surface area contributed by atoms with Gasteiger partial charge >= 0.3 is 0 Å². The van der Waals surface area contributed by atoms with Gasteiger partial charge in [-0.15, -0.1) is 0 Å². The van der Waals surface area contributed by atoms with Crippen molar-refractivity contribution in [1.82, 2.24) is 0 Å². The van der Waals surface area contributed by atoms with Crippen LogP contribution in [0.4, 0.5) is 5.69 Å². The fourth-order valence-corrected chi connectivity index (χ4v) is 2.70. The first-order chi connectivity index (χ1) is 10.0. The Bertz CT molecular complexity index is 511. The van der Waals surface area contributed by atoms with Gasteiger partial charge in [0.15, 0.2) is 11.5 Å². The summed E-state index contributed by atoms with van der Waals surface area (Å²) >= 11 is 0. The van der Waals surface area contributed by atoms with Gasteiger partial charge < -0.3 is 15.2 Å². The summed E-state index contributed by atoms with van der Waals surface area (Å²) in [5.74, 6) is 1.65. The summed E-state index contributed by atoms with van der Waals surface area (Å²) in [4.78, 5) is 10.7. The lowest BCUT2D eigenvalue weighted by atomic mass is 9.89. The predicted molar refractivity (Wildman–Crippen MR) is 79.6 cm³/mol. The Kier molecular flexibility index (Phi) is 5.01. The molecule has 0 heterocycles. The molecule has 0 radical (unpaired) electrons. The molecule has 6 heteroatoms. The number of benzene rings is 1. The minimum atomic E-state index is -0.433. The Morgan fingerprint density at radius 2 is 1.95 bits per heavy atom. The SMILES string of the molecule is COc1cc(CN)c([N+](=O)[O-])cc1OC1CCC(C)CC1. The first kappa shape index (κ1) is 15.6. The zero-order valence-electron chi connectivity index (χ0n) is 12.5. The molecule has 1 aromatic rings. The summed E-state index contributed by atoms with van der Waals surface area (Å²) in [7, 11) is 1.53. The number of nitro groups is 1. The van der Waals surface area contributed by atoms with E-state index in [0.717, 1.165) is 31.6 Å². The second kappa shape index (κ2) is 6.76. The molecule has 21 heavy (non-hydrogen) atoms. The molecule has 1 aliphatic rings. The van der Waals surface area contributed by atoms with Crippen LogP contribution < -0.4 is 15.2 Å². The van der Waals surface area contributed by atoms with Crippen LogP contribution in [0.15, 0.2) is 12.1 Å². The van der Waals surface area contributed by atoms with Crippen LogP contribution in [0.2, 0.25) is 0 Å². The topological polar surface area (TPSA) is 87.6 Å². The fourth-order valence-electron chi connectivity index (χ4n) is 2.70. The third-order valence-electron chi connectivity index (χ3n) is 4.04. The zero-order valence-corrected chi connectivity index (χ0v) is 12.5. The Morgan fingerprint density at radius 3 is 2.48 bits per heavy atom. The Balaban J connectivity index is 2.24. The van der Waals surface area contributed by atoms with E-state index in [0.29, 0.717) is 17.1 Å². The third-order valence-corrected chi connectivity index (χ3v) is 4.04. The Labute approximate surface area is 124 Å². The maximum absolute atomic E-state index is 11.1. The van der Waals surface area contributed by atoms with Gasteiger partial charge in [0.2, 0.25) is 0 Å². The Morgan fingerprint density at radius 1 is 1.29 bits per heavy atom. The molecule has 1 aromatic carbocycles. The molecule has 116 valence electrons. The third kappa shape index (κ3) is 3.64. The van der Waals surface area contributed by atoms with Crippen molar-refractivity contribution in [2.75, 3.05) is 7.11 Å². The fraction of sp³-hybridized carbons (Fsp3) is 0.600. The van der Waals surface area contributed by atoms with E-state index >= 15 is 0 Å². The second-order valence-corrected chi connectivity index (χ2v) is 5.59. The van der Waals surface area contributed by atoms with Crippen LogP contribution >= 0.6 is 0 Å². The molecule has 0 aliphatic heterocycles. The number of nitrogens with two attached hydrogens (primary N) is 1. The standard InChI is InChI=1S/C15H22N2O4/c1-10-3-5-12(6-4-10)21-15-8-13(17(18)19)11(9-16)7-14(15)20-2/h7-8,10,12H,3-6,9,16H2,1-2H3. The van der Waals surface area contributed by atoms with E-state index in [2.05, 4.69) is 6.92 Å². The largest absolute Gasteiger partial charge is 0.493 e. The average Bonchev–Trinajstić information content (AvgIpc) is 2.49. The molecule has 0 saturated heterocycles. The van der Waals surface area contributed by atoms with Crippen molar-refractivity contribution in [3.63, 3.8) is 0 Å².